The Hall–Kier alpha value is -3.76. The number of anilines is 1. The van der Waals surface area contributed by atoms with Gasteiger partial charge in [-0.15, -0.1) is 0 Å². The fourth-order valence-corrected chi connectivity index (χ4v) is 2.75. The molecule has 0 aliphatic carbocycles. The number of rotatable bonds is 8. The predicted molar refractivity (Wildman–Crippen MR) is 103 cm³/mol. The number of nitro groups is 1. The molecule has 29 heavy (non-hydrogen) atoms. The predicted octanol–water partition coefficient (Wildman–Crippen LogP) is 0.416. The van der Waals surface area contributed by atoms with E-state index < -0.39 is 46.5 Å². The number of para-hydroxylation sites is 1. The Morgan fingerprint density at radius 3 is 2.52 bits per heavy atom. The van der Waals surface area contributed by atoms with Crippen molar-refractivity contribution in [1.29, 1.82) is 0 Å². The molecular weight excluding hydrogens is 384 g/mol. The Morgan fingerprint density at radius 1 is 1.24 bits per heavy atom. The van der Waals surface area contributed by atoms with E-state index in [1.807, 2.05) is 0 Å². The Bertz CT molecular complexity index is 1080. The van der Waals surface area contributed by atoms with Crippen molar-refractivity contribution in [1.82, 2.24) is 9.13 Å². The van der Waals surface area contributed by atoms with Crippen molar-refractivity contribution in [2.24, 2.45) is 7.05 Å². The minimum absolute atomic E-state index is 0.127. The number of hydrogen-bond acceptors (Lipinski definition) is 8. The first kappa shape index (κ1) is 21.5. The quantitative estimate of drug-likeness (QED) is 0.287. The Morgan fingerprint density at radius 2 is 1.90 bits per heavy atom. The summed E-state index contributed by atoms with van der Waals surface area (Å²) in [4.78, 5) is 59.2. The van der Waals surface area contributed by atoms with Crippen molar-refractivity contribution in [2.75, 3.05) is 12.3 Å². The zero-order valence-electron chi connectivity index (χ0n) is 15.9. The number of nitrogens with two attached hydrogens (primary N) is 1. The highest BCUT2D eigenvalue weighted by atomic mass is 16.6. The number of benzene rings is 1. The summed E-state index contributed by atoms with van der Waals surface area (Å²) < 4.78 is 6.73. The standard InChI is InChI=1S/C18H20N4O7/c1-3-8-21-16(19)15(17(25)20(2)18(21)26)13(23)10-29-14(24)9-11-6-4-5-7-12(11)22(27)28/h4-7H,3,8-10,19H2,1-2H3. The van der Waals surface area contributed by atoms with Crippen molar-refractivity contribution in [3.05, 3.63) is 66.3 Å². The smallest absolute Gasteiger partial charge is 0.332 e. The van der Waals surface area contributed by atoms with Gasteiger partial charge in [-0.2, -0.15) is 0 Å². The lowest BCUT2D eigenvalue weighted by Crippen LogP contribution is -2.43. The highest BCUT2D eigenvalue weighted by Crippen LogP contribution is 2.18. The van der Waals surface area contributed by atoms with Crippen LogP contribution in [0.2, 0.25) is 0 Å². The molecule has 1 heterocycles. The van der Waals surface area contributed by atoms with E-state index in [1.54, 1.807) is 6.92 Å². The van der Waals surface area contributed by atoms with Gasteiger partial charge in [-0.25, -0.2) is 4.79 Å². The number of carbonyl (C=O) groups is 2. The molecule has 1 aromatic heterocycles. The van der Waals surface area contributed by atoms with Crippen molar-refractivity contribution in [3.63, 3.8) is 0 Å². The van der Waals surface area contributed by atoms with Crippen LogP contribution in [0.5, 0.6) is 0 Å². The van der Waals surface area contributed by atoms with Crippen molar-refractivity contribution in [2.45, 2.75) is 26.3 Å². The van der Waals surface area contributed by atoms with Gasteiger partial charge in [0.25, 0.3) is 11.2 Å². The Kier molecular flexibility index (Phi) is 6.65. The van der Waals surface area contributed by atoms with Crippen LogP contribution in [0.1, 0.15) is 29.3 Å². The van der Waals surface area contributed by atoms with Gasteiger partial charge in [0.15, 0.2) is 6.61 Å². The SMILES string of the molecule is CCCn1c(N)c(C(=O)COC(=O)Cc2ccccc2[N+](=O)[O-])c(=O)n(C)c1=O. The van der Waals surface area contributed by atoms with Gasteiger partial charge in [0.2, 0.25) is 5.78 Å². The number of nitrogens with zero attached hydrogens (tertiary/aromatic N) is 3. The topological polar surface area (TPSA) is 157 Å². The third kappa shape index (κ3) is 4.57. The first-order valence-corrected chi connectivity index (χ1v) is 8.69. The minimum atomic E-state index is -0.889. The van der Waals surface area contributed by atoms with E-state index >= 15 is 0 Å². The van der Waals surface area contributed by atoms with E-state index in [0.29, 0.717) is 6.42 Å². The van der Waals surface area contributed by atoms with Crippen LogP contribution in [-0.2, 0) is 29.5 Å². The molecule has 0 spiro atoms. The van der Waals surface area contributed by atoms with Crippen LogP contribution < -0.4 is 17.0 Å². The average Bonchev–Trinajstić information content (AvgIpc) is 2.68. The van der Waals surface area contributed by atoms with Crippen molar-refractivity contribution in [3.8, 4) is 0 Å². The fourth-order valence-electron chi connectivity index (χ4n) is 2.75. The molecule has 0 unspecified atom stereocenters. The minimum Gasteiger partial charge on any atom is -0.457 e. The molecule has 0 aliphatic rings. The highest BCUT2D eigenvalue weighted by molar-refractivity contribution is 6.01. The number of esters is 1. The summed E-state index contributed by atoms with van der Waals surface area (Å²) in [5.74, 6) is -2.05. The molecule has 0 fully saturated rings. The molecule has 11 heteroatoms. The molecular formula is C18H20N4O7. The molecule has 0 bridgehead atoms. The maximum atomic E-state index is 12.4. The lowest BCUT2D eigenvalue weighted by molar-refractivity contribution is -0.385. The van der Waals surface area contributed by atoms with E-state index in [0.717, 1.165) is 9.13 Å². The van der Waals surface area contributed by atoms with Crippen LogP contribution in [-0.4, -0.2) is 32.4 Å². The van der Waals surface area contributed by atoms with E-state index in [4.69, 9.17) is 10.5 Å². The van der Waals surface area contributed by atoms with Crippen LogP contribution >= 0.6 is 0 Å². The second-order valence-electron chi connectivity index (χ2n) is 6.21. The number of hydrogen-bond donors (Lipinski definition) is 1. The molecule has 0 radical (unpaired) electrons. The third-order valence-corrected chi connectivity index (χ3v) is 4.20. The summed E-state index contributed by atoms with van der Waals surface area (Å²) >= 11 is 0. The first-order valence-electron chi connectivity index (χ1n) is 8.69. The zero-order valence-corrected chi connectivity index (χ0v) is 15.9. The maximum Gasteiger partial charge on any atom is 0.332 e. The van der Waals surface area contributed by atoms with Gasteiger partial charge in [0.05, 0.1) is 11.3 Å². The average molecular weight is 404 g/mol. The van der Waals surface area contributed by atoms with Gasteiger partial charge in [0, 0.05) is 25.2 Å². The monoisotopic (exact) mass is 404 g/mol. The molecule has 0 aliphatic heterocycles. The van der Waals surface area contributed by atoms with E-state index in [9.17, 15) is 29.3 Å². The largest absolute Gasteiger partial charge is 0.457 e. The number of aromatic nitrogens is 2. The fraction of sp³-hybridized carbons (Fsp3) is 0.333. The van der Waals surface area contributed by atoms with Gasteiger partial charge in [-0.1, -0.05) is 25.1 Å². The molecule has 0 atom stereocenters. The summed E-state index contributed by atoms with van der Waals surface area (Å²) in [7, 11) is 1.22. The Balaban J connectivity index is 2.20. The Labute approximate surface area is 164 Å². The molecule has 2 rings (SSSR count). The number of Topliss-reactive ketones (excluding diaryl/α,β-unsaturated/α-hetero) is 1. The van der Waals surface area contributed by atoms with Crippen LogP contribution in [0.25, 0.3) is 0 Å². The number of nitro benzene ring substituents is 1. The lowest BCUT2D eigenvalue weighted by atomic mass is 10.1. The summed E-state index contributed by atoms with van der Waals surface area (Å²) in [5.41, 5.74) is 3.73. The molecule has 0 saturated heterocycles. The molecule has 1 aromatic carbocycles. The summed E-state index contributed by atoms with van der Waals surface area (Å²) in [5, 5.41) is 11.0. The zero-order chi connectivity index (χ0) is 21.7. The molecule has 2 aromatic rings. The number of nitrogen functional groups attached to an aromatic ring is 1. The van der Waals surface area contributed by atoms with Crippen LogP contribution in [0.15, 0.2) is 33.9 Å². The van der Waals surface area contributed by atoms with Crippen molar-refractivity contribution < 1.29 is 19.2 Å². The second-order valence-corrected chi connectivity index (χ2v) is 6.21. The molecule has 154 valence electrons. The van der Waals surface area contributed by atoms with Gasteiger partial charge in [-0.05, 0) is 6.42 Å². The maximum absolute atomic E-state index is 12.4. The highest BCUT2D eigenvalue weighted by Gasteiger charge is 2.23. The molecule has 11 nitrogen and oxygen atoms in total. The van der Waals surface area contributed by atoms with Crippen LogP contribution in [0.4, 0.5) is 11.5 Å². The molecule has 0 saturated carbocycles. The summed E-state index contributed by atoms with van der Waals surface area (Å²) in [6.07, 6.45) is 0.119. The summed E-state index contributed by atoms with van der Waals surface area (Å²) in [6.45, 7) is 1.21. The summed E-state index contributed by atoms with van der Waals surface area (Å²) in [6, 6.07) is 5.63. The van der Waals surface area contributed by atoms with Gasteiger partial charge in [-0.3, -0.25) is 33.6 Å². The van der Waals surface area contributed by atoms with E-state index in [-0.39, 0.29) is 23.6 Å². The van der Waals surface area contributed by atoms with Crippen LogP contribution in [0.3, 0.4) is 0 Å². The number of carbonyl (C=O) groups excluding carboxylic acids is 2. The van der Waals surface area contributed by atoms with Crippen molar-refractivity contribution >= 4 is 23.3 Å². The number of ether oxygens (including phenoxy) is 1. The van der Waals surface area contributed by atoms with Gasteiger partial charge in [0.1, 0.15) is 11.4 Å². The van der Waals surface area contributed by atoms with E-state index in [2.05, 4.69) is 0 Å². The second kappa shape index (κ2) is 8.95. The third-order valence-electron chi connectivity index (χ3n) is 4.20. The van der Waals surface area contributed by atoms with Crippen LogP contribution in [0, 0.1) is 10.1 Å². The lowest BCUT2D eigenvalue weighted by Gasteiger charge is -2.13. The van der Waals surface area contributed by atoms with Gasteiger partial charge >= 0.3 is 11.7 Å². The number of ketones is 1. The first-order chi connectivity index (χ1) is 13.7. The molecule has 2 N–H and O–H groups in total. The molecule has 0 amide bonds. The van der Waals surface area contributed by atoms with Gasteiger partial charge < -0.3 is 10.5 Å². The van der Waals surface area contributed by atoms with E-state index in [1.165, 1.54) is 31.3 Å². The normalized spacial score (nSPS) is 10.6.